The van der Waals surface area contributed by atoms with Crippen molar-refractivity contribution < 1.29 is 8.42 Å². The summed E-state index contributed by atoms with van der Waals surface area (Å²) in [4.78, 5) is 0.226. The van der Waals surface area contributed by atoms with Crippen molar-refractivity contribution in [2.45, 2.75) is 31.8 Å². The molecule has 0 aliphatic heterocycles. The van der Waals surface area contributed by atoms with Crippen LogP contribution in [-0.2, 0) is 23.1 Å². The highest BCUT2D eigenvalue weighted by Gasteiger charge is 2.23. The Morgan fingerprint density at radius 1 is 1.14 bits per heavy atom. The van der Waals surface area contributed by atoms with Crippen LogP contribution in [0.2, 0.25) is 0 Å². The largest absolute Gasteiger partial charge is 0.314 e. The Morgan fingerprint density at radius 2 is 1.81 bits per heavy atom. The predicted molar refractivity (Wildman–Crippen MR) is 81.3 cm³/mol. The summed E-state index contributed by atoms with van der Waals surface area (Å²) in [6, 6.07) is 7.74. The first-order valence-corrected chi connectivity index (χ1v) is 8.16. The first kappa shape index (κ1) is 15.7. The van der Waals surface area contributed by atoms with E-state index in [1.807, 2.05) is 31.2 Å². The Morgan fingerprint density at radius 3 is 2.43 bits per heavy atom. The highest BCUT2D eigenvalue weighted by Crippen LogP contribution is 2.17. The van der Waals surface area contributed by atoms with Crippen molar-refractivity contribution in [1.29, 1.82) is 0 Å². The molecule has 1 heterocycles. The molecule has 7 heteroatoms. The molecule has 0 aliphatic carbocycles. The van der Waals surface area contributed by atoms with Gasteiger partial charge in [-0.15, -0.1) is 0 Å². The zero-order valence-electron chi connectivity index (χ0n) is 12.4. The molecule has 0 unspecified atom stereocenters. The minimum Gasteiger partial charge on any atom is -0.314 e. The minimum absolute atomic E-state index is 0.226. The SMILES string of the molecule is CNCc1n[nH]c(C)c1S(=O)(=O)NCc1ccc(C)cc1. The number of benzene rings is 1. The number of H-pyrrole nitrogens is 1. The van der Waals surface area contributed by atoms with Crippen LogP contribution in [0.3, 0.4) is 0 Å². The van der Waals surface area contributed by atoms with Gasteiger partial charge < -0.3 is 5.32 Å². The van der Waals surface area contributed by atoms with Crippen LogP contribution in [0.15, 0.2) is 29.2 Å². The molecule has 0 aliphatic rings. The van der Waals surface area contributed by atoms with E-state index in [0.29, 0.717) is 17.9 Å². The summed E-state index contributed by atoms with van der Waals surface area (Å²) in [5.74, 6) is 0. The Bertz CT molecular complexity index is 705. The topological polar surface area (TPSA) is 86.9 Å². The van der Waals surface area contributed by atoms with Gasteiger partial charge in [-0.25, -0.2) is 13.1 Å². The van der Waals surface area contributed by atoms with Crippen LogP contribution in [0.1, 0.15) is 22.5 Å². The Kier molecular flexibility index (Phi) is 4.76. The number of aromatic nitrogens is 2. The maximum atomic E-state index is 12.5. The lowest BCUT2D eigenvalue weighted by molar-refractivity contribution is 0.578. The van der Waals surface area contributed by atoms with Crippen LogP contribution in [0.4, 0.5) is 0 Å². The van der Waals surface area contributed by atoms with Gasteiger partial charge in [0.2, 0.25) is 10.0 Å². The normalized spacial score (nSPS) is 11.8. The van der Waals surface area contributed by atoms with E-state index < -0.39 is 10.0 Å². The zero-order chi connectivity index (χ0) is 15.5. The lowest BCUT2D eigenvalue weighted by atomic mass is 10.2. The van der Waals surface area contributed by atoms with Crippen molar-refractivity contribution in [3.05, 3.63) is 46.8 Å². The molecule has 0 atom stereocenters. The van der Waals surface area contributed by atoms with Gasteiger partial charge in [-0.2, -0.15) is 5.10 Å². The molecule has 0 amide bonds. The molecule has 0 spiro atoms. The highest BCUT2D eigenvalue weighted by atomic mass is 32.2. The molecular weight excluding hydrogens is 288 g/mol. The summed E-state index contributed by atoms with van der Waals surface area (Å²) >= 11 is 0. The smallest absolute Gasteiger partial charge is 0.244 e. The second-order valence-electron chi connectivity index (χ2n) is 4.96. The summed E-state index contributed by atoms with van der Waals surface area (Å²) in [7, 11) is -1.84. The fourth-order valence-electron chi connectivity index (χ4n) is 2.07. The number of nitrogens with one attached hydrogen (secondary N) is 3. The van der Waals surface area contributed by atoms with Gasteiger partial charge in [0.1, 0.15) is 4.90 Å². The summed E-state index contributed by atoms with van der Waals surface area (Å²) in [5, 5.41) is 9.67. The van der Waals surface area contributed by atoms with E-state index in [0.717, 1.165) is 11.1 Å². The average Bonchev–Trinajstić information content (AvgIpc) is 2.80. The van der Waals surface area contributed by atoms with Crippen LogP contribution >= 0.6 is 0 Å². The molecule has 3 N–H and O–H groups in total. The monoisotopic (exact) mass is 308 g/mol. The Hall–Kier alpha value is -1.70. The van der Waals surface area contributed by atoms with E-state index in [2.05, 4.69) is 20.2 Å². The van der Waals surface area contributed by atoms with Crippen LogP contribution in [0.25, 0.3) is 0 Å². The quantitative estimate of drug-likeness (QED) is 0.749. The van der Waals surface area contributed by atoms with Crippen molar-refractivity contribution >= 4 is 10.0 Å². The maximum absolute atomic E-state index is 12.5. The van der Waals surface area contributed by atoms with Gasteiger partial charge in [0.05, 0.1) is 11.4 Å². The molecule has 0 radical (unpaired) electrons. The third-order valence-electron chi connectivity index (χ3n) is 3.16. The maximum Gasteiger partial charge on any atom is 0.244 e. The summed E-state index contributed by atoms with van der Waals surface area (Å²) < 4.78 is 27.5. The predicted octanol–water partition coefficient (Wildman–Crippen LogP) is 1.22. The fraction of sp³-hybridized carbons (Fsp3) is 0.357. The second kappa shape index (κ2) is 6.38. The third-order valence-corrected chi connectivity index (χ3v) is 4.76. The van der Waals surface area contributed by atoms with Crippen molar-refractivity contribution in [3.63, 3.8) is 0 Å². The first-order valence-electron chi connectivity index (χ1n) is 6.67. The standard InChI is InChI=1S/C14H20N4O2S/c1-10-4-6-12(7-5-10)8-16-21(19,20)14-11(2)17-18-13(14)9-15-3/h4-7,15-16H,8-9H2,1-3H3,(H,17,18). The summed E-state index contributed by atoms with van der Waals surface area (Å²) in [6.07, 6.45) is 0. The Labute approximate surface area is 125 Å². The molecule has 0 saturated carbocycles. The van der Waals surface area contributed by atoms with Crippen molar-refractivity contribution in [1.82, 2.24) is 20.2 Å². The molecular formula is C14H20N4O2S. The average molecular weight is 308 g/mol. The van der Waals surface area contributed by atoms with Crippen LogP contribution in [-0.4, -0.2) is 25.7 Å². The molecule has 0 saturated heterocycles. The van der Waals surface area contributed by atoms with E-state index in [-0.39, 0.29) is 11.4 Å². The zero-order valence-corrected chi connectivity index (χ0v) is 13.2. The van der Waals surface area contributed by atoms with Gasteiger partial charge >= 0.3 is 0 Å². The molecule has 2 rings (SSSR count). The molecule has 0 bridgehead atoms. The van der Waals surface area contributed by atoms with E-state index >= 15 is 0 Å². The third kappa shape index (κ3) is 3.69. The number of sulfonamides is 1. The van der Waals surface area contributed by atoms with Crippen LogP contribution in [0, 0.1) is 13.8 Å². The van der Waals surface area contributed by atoms with Crippen molar-refractivity contribution in [2.24, 2.45) is 0 Å². The molecule has 114 valence electrons. The van der Waals surface area contributed by atoms with Gasteiger partial charge in [-0.3, -0.25) is 5.10 Å². The van der Waals surface area contributed by atoms with E-state index in [4.69, 9.17) is 0 Å². The van der Waals surface area contributed by atoms with Crippen molar-refractivity contribution in [3.8, 4) is 0 Å². The molecule has 21 heavy (non-hydrogen) atoms. The van der Waals surface area contributed by atoms with Gasteiger partial charge in [-0.1, -0.05) is 29.8 Å². The second-order valence-corrected chi connectivity index (χ2v) is 6.67. The van der Waals surface area contributed by atoms with Gasteiger partial charge in [0.25, 0.3) is 0 Å². The minimum atomic E-state index is -3.59. The van der Waals surface area contributed by atoms with Crippen molar-refractivity contribution in [2.75, 3.05) is 7.05 Å². The molecule has 1 aromatic carbocycles. The summed E-state index contributed by atoms with van der Waals surface area (Å²) in [5.41, 5.74) is 3.09. The highest BCUT2D eigenvalue weighted by molar-refractivity contribution is 7.89. The lowest BCUT2D eigenvalue weighted by Gasteiger charge is -2.08. The molecule has 1 aromatic heterocycles. The van der Waals surface area contributed by atoms with Gasteiger partial charge in [-0.05, 0) is 26.5 Å². The van der Waals surface area contributed by atoms with Gasteiger partial charge in [0, 0.05) is 13.1 Å². The van der Waals surface area contributed by atoms with Crippen LogP contribution < -0.4 is 10.0 Å². The van der Waals surface area contributed by atoms with Crippen LogP contribution in [0.5, 0.6) is 0 Å². The fourth-order valence-corrected chi connectivity index (χ4v) is 3.45. The first-order chi connectivity index (χ1) is 9.94. The summed E-state index contributed by atoms with van der Waals surface area (Å²) in [6.45, 7) is 4.34. The number of rotatable bonds is 6. The van der Waals surface area contributed by atoms with Gasteiger partial charge in [0.15, 0.2) is 0 Å². The molecule has 2 aromatic rings. The number of hydrogen-bond acceptors (Lipinski definition) is 4. The number of aromatic amines is 1. The number of aryl methyl sites for hydroxylation is 2. The Balaban J connectivity index is 2.18. The van der Waals surface area contributed by atoms with E-state index in [1.165, 1.54) is 0 Å². The lowest BCUT2D eigenvalue weighted by Crippen LogP contribution is -2.25. The molecule has 6 nitrogen and oxygen atoms in total. The van der Waals surface area contributed by atoms with E-state index in [1.54, 1.807) is 14.0 Å². The number of hydrogen-bond donors (Lipinski definition) is 3. The van der Waals surface area contributed by atoms with E-state index in [9.17, 15) is 8.42 Å². The molecule has 0 fully saturated rings. The number of nitrogens with zero attached hydrogens (tertiary/aromatic N) is 1.